The molecule has 0 atom stereocenters. The van der Waals surface area contributed by atoms with Gasteiger partial charge in [0.2, 0.25) is 0 Å². The minimum absolute atomic E-state index is 0.0913. The number of benzene rings is 2. The van der Waals surface area contributed by atoms with Crippen LogP contribution < -0.4 is 15.4 Å². The summed E-state index contributed by atoms with van der Waals surface area (Å²) in [6.07, 6.45) is 2.13. The quantitative estimate of drug-likeness (QED) is 0.908. The average molecular weight is 282 g/mol. The van der Waals surface area contributed by atoms with Gasteiger partial charge in [0.25, 0.3) is 5.91 Å². The van der Waals surface area contributed by atoms with Crippen LogP contribution in [-0.4, -0.2) is 19.6 Å². The van der Waals surface area contributed by atoms with Crippen molar-refractivity contribution in [3.63, 3.8) is 0 Å². The molecule has 1 aliphatic heterocycles. The molecule has 3 rings (SSSR count). The number of ether oxygens (including phenoxy) is 1. The summed E-state index contributed by atoms with van der Waals surface area (Å²) in [5.41, 5.74) is 3.63. The van der Waals surface area contributed by atoms with Gasteiger partial charge >= 0.3 is 0 Å². The normalized spacial score (nSPS) is 13.0. The van der Waals surface area contributed by atoms with E-state index in [4.69, 9.17) is 4.74 Å². The fourth-order valence-electron chi connectivity index (χ4n) is 2.57. The highest BCUT2D eigenvalue weighted by Crippen LogP contribution is 2.27. The van der Waals surface area contributed by atoms with Gasteiger partial charge in [-0.25, -0.2) is 0 Å². The van der Waals surface area contributed by atoms with Gasteiger partial charge in [-0.05, 0) is 48.7 Å². The van der Waals surface area contributed by atoms with Crippen molar-refractivity contribution in [2.45, 2.75) is 12.8 Å². The first-order valence-corrected chi connectivity index (χ1v) is 7.09. The van der Waals surface area contributed by atoms with E-state index in [2.05, 4.69) is 16.7 Å². The summed E-state index contributed by atoms with van der Waals surface area (Å²) < 4.78 is 5.11. The first-order chi connectivity index (χ1) is 10.3. The maximum atomic E-state index is 12.5. The summed E-state index contributed by atoms with van der Waals surface area (Å²) >= 11 is 0. The van der Waals surface area contributed by atoms with Gasteiger partial charge in [0.05, 0.1) is 18.4 Å². The van der Waals surface area contributed by atoms with Crippen molar-refractivity contribution in [3.05, 3.63) is 53.6 Å². The van der Waals surface area contributed by atoms with E-state index in [1.165, 1.54) is 5.56 Å². The zero-order valence-electron chi connectivity index (χ0n) is 12.0. The molecular weight excluding hydrogens is 264 g/mol. The zero-order chi connectivity index (χ0) is 14.7. The molecule has 0 saturated heterocycles. The Morgan fingerprint density at radius 2 is 2.00 bits per heavy atom. The van der Waals surface area contributed by atoms with Gasteiger partial charge in [-0.1, -0.05) is 12.1 Å². The SMILES string of the molecule is COc1ccc(NC(=O)c2cccc3c2NCCC3)cc1. The standard InChI is InChI=1S/C17H18N2O2/c1-21-14-9-7-13(8-10-14)19-17(20)15-6-2-4-12-5-3-11-18-16(12)15/h2,4,6-10,18H,3,5,11H2,1H3,(H,19,20). The molecule has 2 aromatic rings. The van der Waals surface area contributed by atoms with Crippen LogP contribution in [0.25, 0.3) is 0 Å². The Balaban J connectivity index is 1.82. The molecule has 1 heterocycles. The number of hydrogen-bond acceptors (Lipinski definition) is 3. The second-order valence-corrected chi connectivity index (χ2v) is 5.05. The van der Waals surface area contributed by atoms with Crippen LogP contribution in [0.1, 0.15) is 22.3 Å². The lowest BCUT2D eigenvalue weighted by Crippen LogP contribution is -2.19. The average Bonchev–Trinajstić information content (AvgIpc) is 2.55. The number of methoxy groups -OCH3 is 1. The van der Waals surface area contributed by atoms with E-state index in [0.717, 1.165) is 36.5 Å². The first kappa shape index (κ1) is 13.5. The Morgan fingerprint density at radius 3 is 2.76 bits per heavy atom. The number of amides is 1. The molecule has 4 heteroatoms. The monoisotopic (exact) mass is 282 g/mol. The molecule has 0 spiro atoms. The van der Waals surface area contributed by atoms with Crippen LogP contribution >= 0.6 is 0 Å². The second-order valence-electron chi connectivity index (χ2n) is 5.05. The number of rotatable bonds is 3. The highest BCUT2D eigenvalue weighted by Gasteiger charge is 2.17. The molecule has 0 aromatic heterocycles. The van der Waals surface area contributed by atoms with Crippen molar-refractivity contribution < 1.29 is 9.53 Å². The highest BCUT2D eigenvalue weighted by atomic mass is 16.5. The van der Waals surface area contributed by atoms with E-state index in [0.29, 0.717) is 5.56 Å². The fraction of sp³-hybridized carbons (Fsp3) is 0.235. The summed E-state index contributed by atoms with van der Waals surface area (Å²) in [7, 11) is 1.62. The minimum Gasteiger partial charge on any atom is -0.497 e. The van der Waals surface area contributed by atoms with E-state index in [1.54, 1.807) is 7.11 Å². The summed E-state index contributed by atoms with van der Waals surface area (Å²) in [4.78, 5) is 12.5. The summed E-state index contributed by atoms with van der Waals surface area (Å²) in [5, 5.41) is 6.26. The third-order valence-corrected chi connectivity index (χ3v) is 3.67. The van der Waals surface area contributed by atoms with Crippen LogP contribution in [0.2, 0.25) is 0 Å². The van der Waals surface area contributed by atoms with Gasteiger partial charge in [0.15, 0.2) is 0 Å². The van der Waals surface area contributed by atoms with Crippen molar-refractivity contribution in [3.8, 4) is 5.75 Å². The topological polar surface area (TPSA) is 50.4 Å². The molecule has 4 nitrogen and oxygen atoms in total. The van der Waals surface area contributed by atoms with Gasteiger partial charge in [0, 0.05) is 12.2 Å². The fourth-order valence-corrected chi connectivity index (χ4v) is 2.57. The van der Waals surface area contributed by atoms with Gasteiger partial charge in [-0.3, -0.25) is 4.79 Å². The lowest BCUT2D eigenvalue weighted by molar-refractivity contribution is 0.102. The maximum Gasteiger partial charge on any atom is 0.257 e. The van der Waals surface area contributed by atoms with Crippen LogP contribution in [0.15, 0.2) is 42.5 Å². The Bertz CT molecular complexity index is 650. The largest absolute Gasteiger partial charge is 0.497 e. The first-order valence-electron chi connectivity index (χ1n) is 7.09. The van der Waals surface area contributed by atoms with Crippen LogP contribution in [0, 0.1) is 0 Å². The lowest BCUT2D eigenvalue weighted by Gasteiger charge is -2.20. The number of carbonyl (C=O) groups excluding carboxylic acids is 1. The molecule has 108 valence electrons. The van der Waals surface area contributed by atoms with Crippen molar-refractivity contribution in [2.75, 3.05) is 24.3 Å². The Labute approximate surface area is 124 Å². The second kappa shape index (κ2) is 5.87. The van der Waals surface area contributed by atoms with Crippen LogP contribution in [0.5, 0.6) is 5.75 Å². The number of hydrogen-bond donors (Lipinski definition) is 2. The van der Waals surface area contributed by atoms with Crippen LogP contribution in [0.3, 0.4) is 0 Å². The van der Waals surface area contributed by atoms with Gasteiger partial charge in [-0.2, -0.15) is 0 Å². The molecule has 2 aromatic carbocycles. The Kier molecular flexibility index (Phi) is 3.77. The molecule has 0 aliphatic carbocycles. The molecule has 0 unspecified atom stereocenters. The molecule has 2 N–H and O–H groups in total. The van der Waals surface area contributed by atoms with E-state index in [1.807, 2.05) is 36.4 Å². The van der Waals surface area contributed by atoms with Crippen LogP contribution in [0.4, 0.5) is 11.4 Å². The molecule has 1 amide bonds. The number of aryl methyl sites for hydroxylation is 1. The summed E-state index contributed by atoms with van der Waals surface area (Å²) in [6.45, 7) is 0.916. The van der Waals surface area contributed by atoms with Gasteiger partial charge in [0.1, 0.15) is 5.75 Å². The molecule has 0 bridgehead atoms. The molecule has 0 saturated carbocycles. The highest BCUT2D eigenvalue weighted by molar-refractivity contribution is 6.08. The number of anilines is 2. The van der Waals surface area contributed by atoms with Crippen molar-refractivity contribution >= 4 is 17.3 Å². The predicted octanol–water partition coefficient (Wildman–Crippen LogP) is 3.31. The predicted molar refractivity (Wildman–Crippen MR) is 84.2 cm³/mol. The molecular formula is C17H18N2O2. The summed E-state index contributed by atoms with van der Waals surface area (Å²) in [6, 6.07) is 13.2. The Morgan fingerprint density at radius 1 is 1.19 bits per heavy atom. The number of carbonyl (C=O) groups is 1. The summed E-state index contributed by atoms with van der Waals surface area (Å²) in [5.74, 6) is 0.679. The van der Waals surface area contributed by atoms with E-state index >= 15 is 0 Å². The van der Waals surface area contributed by atoms with Gasteiger partial charge < -0.3 is 15.4 Å². The minimum atomic E-state index is -0.0913. The van der Waals surface area contributed by atoms with E-state index < -0.39 is 0 Å². The molecule has 0 fully saturated rings. The third-order valence-electron chi connectivity index (χ3n) is 3.67. The smallest absolute Gasteiger partial charge is 0.257 e. The Hall–Kier alpha value is -2.49. The molecule has 21 heavy (non-hydrogen) atoms. The van der Waals surface area contributed by atoms with Crippen molar-refractivity contribution in [1.29, 1.82) is 0 Å². The van der Waals surface area contributed by atoms with Gasteiger partial charge in [-0.15, -0.1) is 0 Å². The molecule has 1 aliphatic rings. The number of para-hydroxylation sites is 1. The number of nitrogens with one attached hydrogen (secondary N) is 2. The molecule has 0 radical (unpaired) electrons. The third kappa shape index (κ3) is 2.84. The van der Waals surface area contributed by atoms with Crippen molar-refractivity contribution in [2.24, 2.45) is 0 Å². The zero-order valence-corrected chi connectivity index (χ0v) is 12.0. The maximum absolute atomic E-state index is 12.5. The number of fused-ring (bicyclic) bond motifs is 1. The van der Waals surface area contributed by atoms with Crippen LogP contribution in [-0.2, 0) is 6.42 Å². The lowest BCUT2D eigenvalue weighted by atomic mass is 9.99. The van der Waals surface area contributed by atoms with Crippen molar-refractivity contribution in [1.82, 2.24) is 0 Å². The van der Waals surface area contributed by atoms with E-state index in [9.17, 15) is 4.79 Å². The van der Waals surface area contributed by atoms with E-state index in [-0.39, 0.29) is 5.91 Å².